The molecule has 2 aromatic heterocycles. The van der Waals surface area contributed by atoms with E-state index in [2.05, 4.69) is 20.0 Å². The molecule has 2 heterocycles. The van der Waals surface area contributed by atoms with E-state index in [0.717, 1.165) is 0 Å². The molecule has 0 fully saturated rings. The number of rotatable bonds is 3. The summed E-state index contributed by atoms with van der Waals surface area (Å²) in [6.45, 7) is 3.45. The van der Waals surface area contributed by atoms with Crippen LogP contribution in [0.3, 0.4) is 0 Å². The monoisotopic (exact) mass is 279 g/mol. The van der Waals surface area contributed by atoms with Crippen LogP contribution < -0.4 is 5.73 Å². The van der Waals surface area contributed by atoms with Gasteiger partial charge in [-0.3, -0.25) is 0 Å². The lowest BCUT2D eigenvalue weighted by atomic mass is 10.2. The minimum Gasteiger partial charge on any atom is -0.465 e. The topological polar surface area (TPSA) is 122 Å². The van der Waals surface area contributed by atoms with Crippen LogP contribution in [0.4, 0.5) is 5.82 Å². The van der Waals surface area contributed by atoms with Crippen molar-refractivity contribution < 1.29 is 19.1 Å². The fraction of sp³-hybridized carbons (Fsp3) is 0.364. The molecule has 0 amide bonds. The van der Waals surface area contributed by atoms with Crippen LogP contribution in [0.5, 0.6) is 0 Å². The normalized spacial score (nSPS) is 10.6. The van der Waals surface area contributed by atoms with Gasteiger partial charge in [0.25, 0.3) is 0 Å². The average Bonchev–Trinajstić information content (AvgIpc) is 2.76. The Bertz CT molecular complexity index is 694. The van der Waals surface area contributed by atoms with E-state index in [1.807, 2.05) is 0 Å². The van der Waals surface area contributed by atoms with Gasteiger partial charge in [-0.2, -0.15) is 9.61 Å². The van der Waals surface area contributed by atoms with Crippen molar-refractivity contribution >= 4 is 23.4 Å². The second-order valence-corrected chi connectivity index (χ2v) is 3.84. The third-order valence-corrected chi connectivity index (χ3v) is 2.61. The molecule has 2 N–H and O–H groups in total. The van der Waals surface area contributed by atoms with E-state index in [1.165, 1.54) is 11.6 Å². The summed E-state index contributed by atoms with van der Waals surface area (Å²) in [5.41, 5.74) is 6.32. The van der Waals surface area contributed by atoms with Crippen LogP contribution in [-0.4, -0.2) is 45.5 Å². The highest BCUT2D eigenvalue weighted by atomic mass is 16.5. The van der Waals surface area contributed by atoms with Crippen molar-refractivity contribution in [2.24, 2.45) is 0 Å². The number of carbonyl (C=O) groups is 2. The summed E-state index contributed by atoms with van der Waals surface area (Å²) in [5.74, 6) is -1.35. The lowest BCUT2D eigenvalue weighted by Gasteiger charge is -2.04. The molecular formula is C11H13N5O4. The number of fused-ring (bicyclic) bond motifs is 1. The molecule has 9 nitrogen and oxygen atoms in total. The van der Waals surface area contributed by atoms with Crippen LogP contribution in [0.2, 0.25) is 0 Å². The number of esters is 2. The zero-order chi connectivity index (χ0) is 14.9. The standard InChI is InChI=1S/C11H13N5O4/c1-4-20-11(18)7-8(12)16-9(14-13-7)6(5(2)15-16)10(17)19-3/h4,12H2,1-3H3. The third-order valence-electron chi connectivity index (χ3n) is 2.61. The third kappa shape index (κ3) is 2.02. The Morgan fingerprint density at radius 3 is 2.60 bits per heavy atom. The van der Waals surface area contributed by atoms with Gasteiger partial charge in [0.05, 0.1) is 19.4 Å². The predicted octanol–water partition coefficient (Wildman–Crippen LogP) is -0.0218. The number of nitrogens with zero attached hydrogens (tertiary/aromatic N) is 4. The molecule has 0 radical (unpaired) electrons. The van der Waals surface area contributed by atoms with Crippen LogP contribution >= 0.6 is 0 Å². The minimum atomic E-state index is -0.702. The lowest BCUT2D eigenvalue weighted by Crippen LogP contribution is -2.16. The van der Waals surface area contributed by atoms with Crippen LogP contribution in [-0.2, 0) is 9.47 Å². The fourth-order valence-electron chi connectivity index (χ4n) is 1.71. The molecule has 0 bridgehead atoms. The summed E-state index contributed by atoms with van der Waals surface area (Å²) in [4.78, 5) is 23.3. The summed E-state index contributed by atoms with van der Waals surface area (Å²) >= 11 is 0. The number of methoxy groups -OCH3 is 1. The Balaban J connectivity index is 2.64. The van der Waals surface area contributed by atoms with E-state index in [4.69, 9.17) is 10.5 Å². The summed E-state index contributed by atoms with van der Waals surface area (Å²) in [7, 11) is 1.25. The van der Waals surface area contributed by atoms with E-state index in [-0.39, 0.29) is 29.3 Å². The molecular weight excluding hydrogens is 266 g/mol. The first-order valence-electron chi connectivity index (χ1n) is 5.78. The van der Waals surface area contributed by atoms with Crippen LogP contribution in [0.25, 0.3) is 5.65 Å². The second-order valence-electron chi connectivity index (χ2n) is 3.84. The SMILES string of the molecule is CCOC(=O)c1nnc2c(C(=O)OC)c(C)nn2c1N. The van der Waals surface area contributed by atoms with Gasteiger partial charge in [0, 0.05) is 0 Å². The van der Waals surface area contributed by atoms with Gasteiger partial charge in [0.15, 0.2) is 11.5 Å². The Labute approximate surface area is 113 Å². The molecule has 9 heteroatoms. The molecule has 106 valence electrons. The van der Waals surface area contributed by atoms with Crippen molar-refractivity contribution in [2.45, 2.75) is 13.8 Å². The quantitative estimate of drug-likeness (QED) is 0.778. The molecule has 2 aromatic rings. The van der Waals surface area contributed by atoms with E-state index < -0.39 is 11.9 Å². The van der Waals surface area contributed by atoms with Crippen molar-refractivity contribution in [3.05, 3.63) is 17.0 Å². The Hall–Kier alpha value is -2.71. The molecule has 0 saturated carbocycles. The molecule has 0 atom stereocenters. The first kappa shape index (κ1) is 13.7. The molecule has 20 heavy (non-hydrogen) atoms. The molecule has 0 unspecified atom stereocenters. The van der Waals surface area contributed by atoms with Gasteiger partial charge in [-0.05, 0) is 13.8 Å². The number of nitrogen functional groups attached to an aromatic ring is 1. The summed E-state index contributed by atoms with van der Waals surface area (Å²) in [6, 6.07) is 0. The minimum absolute atomic E-state index is 0.0493. The maximum Gasteiger partial charge on any atom is 0.362 e. The van der Waals surface area contributed by atoms with Crippen molar-refractivity contribution in [1.29, 1.82) is 0 Å². The first-order valence-corrected chi connectivity index (χ1v) is 5.78. The van der Waals surface area contributed by atoms with E-state index in [1.54, 1.807) is 13.8 Å². The van der Waals surface area contributed by atoms with Crippen LogP contribution in [0.1, 0.15) is 33.5 Å². The predicted molar refractivity (Wildman–Crippen MR) is 67.2 cm³/mol. The number of aryl methyl sites for hydroxylation is 1. The maximum absolute atomic E-state index is 11.7. The van der Waals surface area contributed by atoms with E-state index in [0.29, 0.717) is 5.69 Å². The molecule has 0 saturated heterocycles. The van der Waals surface area contributed by atoms with Gasteiger partial charge in [-0.1, -0.05) is 0 Å². The Morgan fingerprint density at radius 2 is 2.00 bits per heavy atom. The number of nitrogens with two attached hydrogens (primary N) is 1. The summed E-state index contributed by atoms with van der Waals surface area (Å²) in [5, 5.41) is 11.6. The summed E-state index contributed by atoms with van der Waals surface area (Å²) < 4.78 is 10.6. The van der Waals surface area contributed by atoms with Crippen molar-refractivity contribution in [1.82, 2.24) is 19.8 Å². The number of aromatic nitrogens is 4. The molecule has 0 aliphatic rings. The molecule has 0 aliphatic carbocycles. The van der Waals surface area contributed by atoms with Gasteiger partial charge >= 0.3 is 11.9 Å². The average molecular weight is 279 g/mol. The highest BCUT2D eigenvalue weighted by molar-refractivity contribution is 5.98. The van der Waals surface area contributed by atoms with E-state index in [9.17, 15) is 9.59 Å². The number of hydrogen-bond donors (Lipinski definition) is 1. The zero-order valence-electron chi connectivity index (χ0n) is 11.2. The van der Waals surface area contributed by atoms with Crippen molar-refractivity contribution in [3.63, 3.8) is 0 Å². The highest BCUT2D eigenvalue weighted by Crippen LogP contribution is 2.18. The first-order chi connectivity index (χ1) is 9.51. The van der Waals surface area contributed by atoms with Crippen molar-refractivity contribution in [3.8, 4) is 0 Å². The van der Waals surface area contributed by atoms with Gasteiger partial charge in [-0.15, -0.1) is 10.2 Å². The second kappa shape index (κ2) is 5.11. The largest absolute Gasteiger partial charge is 0.465 e. The molecule has 0 aliphatic heterocycles. The molecule has 2 rings (SSSR count). The van der Waals surface area contributed by atoms with Gasteiger partial charge in [0.1, 0.15) is 5.56 Å². The maximum atomic E-state index is 11.7. The number of hydrogen-bond acceptors (Lipinski definition) is 8. The van der Waals surface area contributed by atoms with Crippen LogP contribution in [0.15, 0.2) is 0 Å². The van der Waals surface area contributed by atoms with Gasteiger partial charge in [-0.25, -0.2) is 9.59 Å². The molecule has 0 aromatic carbocycles. The summed E-state index contributed by atoms with van der Waals surface area (Å²) in [6.07, 6.45) is 0. The number of ether oxygens (including phenoxy) is 2. The Kier molecular flexibility index (Phi) is 3.51. The number of carbonyl (C=O) groups excluding carboxylic acids is 2. The number of anilines is 1. The van der Waals surface area contributed by atoms with Gasteiger partial charge in [0.2, 0.25) is 5.69 Å². The molecule has 0 spiro atoms. The van der Waals surface area contributed by atoms with Crippen LogP contribution in [0, 0.1) is 6.92 Å². The van der Waals surface area contributed by atoms with Gasteiger partial charge < -0.3 is 15.2 Å². The highest BCUT2D eigenvalue weighted by Gasteiger charge is 2.24. The van der Waals surface area contributed by atoms with Crippen molar-refractivity contribution in [2.75, 3.05) is 19.5 Å². The fourth-order valence-corrected chi connectivity index (χ4v) is 1.71. The van der Waals surface area contributed by atoms with E-state index >= 15 is 0 Å². The lowest BCUT2D eigenvalue weighted by molar-refractivity contribution is 0.0518. The Morgan fingerprint density at radius 1 is 1.30 bits per heavy atom. The zero-order valence-corrected chi connectivity index (χ0v) is 11.2. The smallest absolute Gasteiger partial charge is 0.362 e.